The number of carbonyl (C=O) groups excluding carboxylic acids is 1. The van der Waals surface area contributed by atoms with E-state index >= 15 is 0 Å². The third kappa shape index (κ3) is 2.76. The van der Waals surface area contributed by atoms with Crippen molar-refractivity contribution in [2.24, 2.45) is 0 Å². The van der Waals surface area contributed by atoms with Crippen molar-refractivity contribution in [3.05, 3.63) is 65.0 Å². The van der Waals surface area contributed by atoms with E-state index in [1.54, 1.807) is 0 Å². The Balaban J connectivity index is 1.67. The number of carbonyl (C=O) groups is 2. The first-order chi connectivity index (χ1) is 10.6. The van der Waals surface area contributed by atoms with Gasteiger partial charge in [-0.3, -0.25) is 9.88 Å². The number of fused-ring (bicyclic) bond motifs is 1. The molecule has 1 N–H and O–H groups in total. The standard InChI is InChI=1S/C16H14N2O4/c19-15(20)12-6-7-17-14-9-18(8-13(12)14)16(21)22-10-11-4-2-1-3-5-11/h1-7H,8-10H2,(H,19,20). The highest BCUT2D eigenvalue weighted by molar-refractivity contribution is 5.90. The molecule has 0 saturated heterocycles. The van der Waals surface area contributed by atoms with E-state index in [0.29, 0.717) is 11.3 Å². The molecule has 22 heavy (non-hydrogen) atoms. The van der Waals surface area contributed by atoms with Crippen LogP contribution >= 0.6 is 0 Å². The minimum absolute atomic E-state index is 0.184. The molecule has 0 saturated carbocycles. The lowest BCUT2D eigenvalue weighted by atomic mass is 10.1. The summed E-state index contributed by atoms with van der Waals surface area (Å²) >= 11 is 0. The van der Waals surface area contributed by atoms with Crippen molar-refractivity contribution < 1.29 is 19.4 Å². The molecule has 1 aliphatic heterocycles. The molecule has 1 amide bonds. The van der Waals surface area contributed by atoms with Gasteiger partial charge in [0.25, 0.3) is 0 Å². The van der Waals surface area contributed by atoms with E-state index in [1.807, 2.05) is 30.3 Å². The Hall–Kier alpha value is -2.89. The number of pyridine rings is 1. The van der Waals surface area contributed by atoms with Crippen LogP contribution in [-0.4, -0.2) is 27.1 Å². The van der Waals surface area contributed by atoms with Crippen molar-refractivity contribution in [1.29, 1.82) is 0 Å². The van der Waals surface area contributed by atoms with Gasteiger partial charge in [0.2, 0.25) is 0 Å². The molecule has 1 aliphatic rings. The lowest BCUT2D eigenvalue weighted by Gasteiger charge is -2.15. The first kappa shape index (κ1) is 14.1. The SMILES string of the molecule is O=C(O)c1ccnc2c1CN(C(=O)OCc1ccccc1)C2. The number of carboxylic acid groups (broad SMARTS) is 1. The van der Waals surface area contributed by atoms with E-state index in [0.717, 1.165) is 5.56 Å². The fourth-order valence-electron chi connectivity index (χ4n) is 2.42. The number of aromatic carboxylic acids is 1. The number of amides is 1. The van der Waals surface area contributed by atoms with E-state index in [-0.39, 0.29) is 25.3 Å². The van der Waals surface area contributed by atoms with Gasteiger partial charge in [0, 0.05) is 11.8 Å². The van der Waals surface area contributed by atoms with Crippen LogP contribution in [0, 0.1) is 0 Å². The molecule has 6 nitrogen and oxygen atoms in total. The molecule has 1 aromatic heterocycles. The minimum atomic E-state index is -1.02. The quantitative estimate of drug-likeness (QED) is 0.941. The largest absolute Gasteiger partial charge is 0.478 e. The van der Waals surface area contributed by atoms with Crippen LogP contribution < -0.4 is 0 Å². The summed E-state index contributed by atoms with van der Waals surface area (Å²) in [7, 11) is 0. The van der Waals surface area contributed by atoms with Gasteiger partial charge in [0.1, 0.15) is 6.61 Å². The summed E-state index contributed by atoms with van der Waals surface area (Å²) in [5, 5.41) is 9.16. The van der Waals surface area contributed by atoms with E-state index in [2.05, 4.69) is 4.98 Å². The zero-order valence-electron chi connectivity index (χ0n) is 11.7. The first-order valence-corrected chi connectivity index (χ1v) is 6.81. The maximum absolute atomic E-state index is 12.1. The fourth-order valence-corrected chi connectivity index (χ4v) is 2.42. The molecule has 6 heteroatoms. The first-order valence-electron chi connectivity index (χ1n) is 6.81. The summed E-state index contributed by atoms with van der Waals surface area (Å²) in [6, 6.07) is 10.8. The van der Waals surface area contributed by atoms with E-state index in [1.165, 1.54) is 17.2 Å². The smallest absolute Gasteiger partial charge is 0.410 e. The summed E-state index contributed by atoms with van der Waals surface area (Å²) in [5.41, 5.74) is 2.27. The highest BCUT2D eigenvalue weighted by atomic mass is 16.6. The van der Waals surface area contributed by atoms with E-state index in [4.69, 9.17) is 9.84 Å². The number of nitrogens with zero attached hydrogens (tertiary/aromatic N) is 2. The Kier molecular flexibility index (Phi) is 3.74. The normalized spacial score (nSPS) is 12.8. The average Bonchev–Trinajstić information content (AvgIpc) is 2.97. The summed E-state index contributed by atoms with van der Waals surface area (Å²) in [6.45, 7) is 0.661. The van der Waals surface area contributed by atoms with Crippen molar-refractivity contribution in [1.82, 2.24) is 9.88 Å². The van der Waals surface area contributed by atoms with Crippen LogP contribution in [0.15, 0.2) is 42.6 Å². The van der Waals surface area contributed by atoms with Gasteiger partial charge in [-0.05, 0) is 11.6 Å². The Morgan fingerprint density at radius 2 is 1.95 bits per heavy atom. The fraction of sp³-hybridized carbons (Fsp3) is 0.188. The Labute approximate surface area is 127 Å². The van der Waals surface area contributed by atoms with Crippen LogP contribution in [0.5, 0.6) is 0 Å². The lowest BCUT2D eigenvalue weighted by Crippen LogP contribution is -2.26. The van der Waals surface area contributed by atoms with Gasteiger partial charge in [-0.15, -0.1) is 0 Å². The molecule has 3 rings (SSSR count). The van der Waals surface area contributed by atoms with Crippen molar-refractivity contribution >= 4 is 12.1 Å². The molecule has 0 fully saturated rings. The van der Waals surface area contributed by atoms with Gasteiger partial charge in [0.05, 0.1) is 24.3 Å². The number of benzene rings is 1. The van der Waals surface area contributed by atoms with Crippen molar-refractivity contribution in [3.8, 4) is 0 Å². The van der Waals surface area contributed by atoms with E-state index in [9.17, 15) is 9.59 Å². The summed E-state index contributed by atoms with van der Waals surface area (Å²) in [4.78, 5) is 28.9. The number of rotatable bonds is 3. The molecular weight excluding hydrogens is 284 g/mol. The van der Waals surface area contributed by atoms with Gasteiger partial charge in [-0.2, -0.15) is 0 Å². The van der Waals surface area contributed by atoms with E-state index < -0.39 is 12.1 Å². The minimum Gasteiger partial charge on any atom is -0.478 e. The number of carboxylic acids is 1. The van der Waals surface area contributed by atoms with Crippen molar-refractivity contribution in [2.75, 3.05) is 0 Å². The predicted molar refractivity (Wildman–Crippen MR) is 77.1 cm³/mol. The monoisotopic (exact) mass is 298 g/mol. The lowest BCUT2D eigenvalue weighted by molar-refractivity contribution is 0.0693. The molecule has 0 aliphatic carbocycles. The van der Waals surface area contributed by atoms with Gasteiger partial charge in [0.15, 0.2) is 0 Å². The number of ether oxygens (including phenoxy) is 1. The third-order valence-electron chi connectivity index (χ3n) is 3.53. The average molecular weight is 298 g/mol. The number of aromatic nitrogens is 1. The second kappa shape index (κ2) is 5.85. The number of hydrogen-bond acceptors (Lipinski definition) is 4. The van der Waals surface area contributed by atoms with Gasteiger partial charge < -0.3 is 9.84 Å². The van der Waals surface area contributed by atoms with Crippen LogP contribution in [0.2, 0.25) is 0 Å². The summed E-state index contributed by atoms with van der Waals surface area (Å²) < 4.78 is 5.26. The topological polar surface area (TPSA) is 79.7 Å². The van der Waals surface area contributed by atoms with Gasteiger partial charge in [-0.25, -0.2) is 9.59 Å². The maximum atomic E-state index is 12.1. The van der Waals surface area contributed by atoms with Crippen LogP contribution in [0.1, 0.15) is 27.2 Å². The van der Waals surface area contributed by atoms with Crippen LogP contribution in [0.25, 0.3) is 0 Å². The molecule has 2 heterocycles. The predicted octanol–water partition coefficient (Wildman–Crippen LogP) is 2.43. The van der Waals surface area contributed by atoms with Crippen LogP contribution in [0.3, 0.4) is 0 Å². The van der Waals surface area contributed by atoms with Crippen LogP contribution in [0.4, 0.5) is 4.79 Å². The molecular formula is C16H14N2O4. The van der Waals surface area contributed by atoms with Gasteiger partial charge in [-0.1, -0.05) is 30.3 Å². The maximum Gasteiger partial charge on any atom is 0.410 e. The van der Waals surface area contributed by atoms with Gasteiger partial charge >= 0.3 is 12.1 Å². The molecule has 1 aromatic carbocycles. The highest BCUT2D eigenvalue weighted by Gasteiger charge is 2.29. The molecule has 0 bridgehead atoms. The summed E-state index contributed by atoms with van der Waals surface area (Å²) in [6.07, 6.45) is 0.972. The molecule has 112 valence electrons. The molecule has 0 spiro atoms. The molecule has 0 atom stereocenters. The van der Waals surface area contributed by atoms with Crippen molar-refractivity contribution in [3.63, 3.8) is 0 Å². The molecule has 0 unspecified atom stereocenters. The highest BCUT2D eigenvalue weighted by Crippen LogP contribution is 2.25. The molecule has 0 radical (unpaired) electrons. The third-order valence-corrected chi connectivity index (χ3v) is 3.53. The summed E-state index contributed by atoms with van der Waals surface area (Å²) in [5.74, 6) is -1.02. The zero-order chi connectivity index (χ0) is 15.5. The Morgan fingerprint density at radius 1 is 1.18 bits per heavy atom. The van der Waals surface area contributed by atoms with Crippen molar-refractivity contribution in [2.45, 2.75) is 19.7 Å². The molecule has 2 aromatic rings. The Bertz CT molecular complexity index is 715. The van der Waals surface area contributed by atoms with Crippen LogP contribution in [-0.2, 0) is 24.4 Å². The number of hydrogen-bond donors (Lipinski definition) is 1. The second-order valence-electron chi connectivity index (χ2n) is 4.99. The zero-order valence-corrected chi connectivity index (χ0v) is 11.7. The Morgan fingerprint density at radius 3 is 2.68 bits per heavy atom. The second-order valence-corrected chi connectivity index (χ2v) is 4.99.